The number of hydrogen-bond acceptors (Lipinski definition) is 5. The molecule has 0 aliphatic carbocycles. The molecule has 7 heteroatoms. The minimum Gasteiger partial charge on any atom is -0.373 e. The van der Waals surface area contributed by atoms with Crippen molar-refractivity contribution >= 4 is 29.3 Å². The molecular weight excluding hydrogens is 326 g/mol. The number of hydrogen-bond donors (Lipinski definition) is 2. The number of benzene rings is 1. The van der Waals surface area contributed by atoms with Crippen LogP contribution in [0, 0.1) is 0 Å². The van der Waals surface area contributed by atoms with Gasteiger partial charge in [0.2, 0.25) is 5.91 Å². The molecule has 0 saturated carbocycles. The summed E-state index contributed by atoms with van der Waals surface area (Å²) < 4.78 is 5.71. The Labute approximate surface area is 146 Å². The van der Waals surface area contributed by atoms with Crippen LogP contribution < -0.4 is 10.6 Å². The number of carbonyl (C=O) groups is 2. The van der Waals surface area contributed by atoms with Gasteiger partial charge in [0.1, 0.15) is 0 Å². The van der Waals surface area contributed by atoms with E-state index in [1.165, 1.54) is 11.8 Å². The van der Waals surface area contributed by atoms with Gasteiger partial charge in [-0.15, -0.1) is 11.8 Å². The van der Waals surface area contributed by atoms with Crippen molar-refractivity contribution in [1.82, 2.24) is 10.2 Å². The first-order valence-electron chi connectivity index (χ1n) is 8.24. The summed E-state index contributed by atoms with van der Waals surface area (Å²) in [5, 5.41) is 5.76. The predicted molar refractivity (Wildman–Crippen MR) is 94.6 cm³/mol. The van der Waals surface area contributed by atoms with Gasteiger partial charge in [0.05, 0.1) is 23.6 Å². The number of anilines is 1. The number of nitrogens with zero attached hydrogens (tertiary/aromatic N) is 1. The molecular formula is C17H23N3O3S. The summed E-state index contributed by atoms with van der Waals surface area (Å²) in [6.07, 6.45) is 0.456. The van der Waals surface area contributed by atoms with Gasteiger partial charge < -0.3 is 15.4 Å². The fraction of sp³-hybridized carbons (Fsp3) is 0.529. The van der Waals surface area contributed by atoms with E-state index in [1.54, 1.807) is 12.1 Å². The van der Waals surface area contributed by atoms with E-state index in [4.69, 9.17) is 4.74 Å². The lowest BCUT2D eigenvalue weighted by Gasteiger charge is -2.35. The van der Waals surface area contributed by atoms with Crippen LogP contribution in [0.15, 0.2) is 23.1 Å². The highest BCUT2D eigenvalue weighted by molar-refractivity contribution is 8.00. The number of thioether (sulfide) groups is 1. The largest absolute Gasteiger partial charge is 0.373 e. The summed E-state index contributed by atoms with van der Waals surface area (Å²) >= 11 is 1.49. The van der Waals surface area contributed by atoms with Gasteiger partial charge in [-0.1, -0.05) is 0 Å². The van der Waals surface area contributed by atoms with Crippen LogP contribution in [-0.4, -0.2) is 60.9 Å². The highest BCUT2D eigenvalue weighted by atomic mass is 32.2. The Hall–Kier alpha value is -1.57. The Morgan fingerprint density at radius 1 is 1.38 bits per heavy atom. The summed E-state index contributed by atoms with van der Waals surface area (Å²) in [5.41, 5.74) is 1.29. The quantitative estimate of drug-likeness (QED) is 0.863. The predicted octanol–water partition coefficient (Wildman–Crippen LogP) is 1.57. The van der Waals surface area contributed by atoms with Crippen molar-refractivity contribution in [2.24, 2.45) is 0 Å². The number of amides is 2. The van der Waals surface area contributed by atoms with Gasteiger partial charge in [0.15, 0.2) is 0 Å². The number of carbonyl (C=O) groups excluding carboxylic acids is 2. The van der Waals surface area contributed by atoms with Crippen LogP contribution >= 0.6 is 11.8 Å². The van der Waals surface area contributed by atoms with Crippen molar-refractivity contribution in [2.75, 3.05) is 37.2 Å². The molecule has 0 unspecified atom stereocenters. The van der Waals surface area contributed by atoms with Crippen LogP contribution in [0.2, 0.25) is 0 Å². The van der Waals surface area contributed by atoms with Gasteiger partial charge in [-0.3, -0.25) is 14.5 Å². The average molecular weight is 349 g/mol. The Morgan fingerprint density at radius 2 is 2.12 bits per heavy atom. The number of ether oxygens (including phenoxy) is 1. The van der Waals surface area contributed by atoms with E-state index in [2.05, 4.69) is 29.4 Å². The fourth-order valence-corrected chi connectivity index (χ4v) is 3.91. The van der Waals surface area contributed by atoms with E-state index in [1.807, 2.05) is 6.07 Å². The van der Waals surface area contributed by atoms with E-state index >= 15 is 0 Å². The molecule has 2 aliphatic heterocycles. The number of morpholine rings is 1. The Morgan fingerprint density at radius 3 is 2.88 bits per heavy atom. The molecule has 0 radical (unpaired) electrons. The molecule has 1 fully saturated rings. The molecule has 24 heavy (non-hydrogen) atoms. The van der Waals surface area contributed by atoms with Crippen molar-refractivity contribution in [3.8, 4) is 0 Å². The summed E-state index contributed by atoms with van der Waals surface area (Å²) in [6, 6.07) is 5.44. The monoisotopic (exact) mass is 349 g/mol. The van der Waals surface area contributed by atoms with Crippen LogP contribution in [-0.2, 0) is 9.53 Å². The molecule has 6 nitrogen and oxygen atoms in total. The van der Waals surface area contributed by atoms with Crippen LogP contribution in [0.5, 0.6) is 0 Å². The van der Waals surface area contributed by atoms with Crippen LogP contribution in [0.3, 0.4) is 0 Å². The van der Waals surface area contributed by atoms with Gasteiger partial charge in [-0.25, -0.2) is 0 Å². The molecule has 1 aromatic carbocycles. The van der Waals surface area contributed by atoms with E-state index in [0.717, 1.165) is 30.2 Å². The van der Waals surface area contributed by atoms with E-state index < -0.39 is 0 Å². The molecule has 0 spiro atoms. The molecule has 2 amide bonds. The molecule has 1 saturated heterocycles. The first kappa shape index (κ1) is 17.3. The lowest BCUT2D eigenvalue weighted by Crippen LogP contribution is -2.47. The maximum absolute atomic E-state index is 12.3. The van der Waals surface area contributed by atoms with Crippen LogP contribution in [0.25, 0.3) is 0 Å². The number of fused-ring (bicyclic) bond motifs is 1. The van der Waals surface area contributed by atoms with Crippen molar-refractivity contribution < 1.29 is 14.3 Å². The highest BCUT2D eigenvalue weighted by Crippen LogP contribution is 2.31. The van der Waals surface area contributed by atoms with Crippen molar-refractivity contribution in [3.63, 3.8) is 0 Å². The maximum Gasteiger partial charge on any atom is 0.251 e. The average Bonchev–Trinajstić information content (AvgIpc) is 2.53. The standard InChI is InChI=1S/C17H23N3O3S/c1-11-8-20(9-12(2)23-11)6-5-18-17(22)13-3-4-15-14(7-13)19-16(21)10-24-15/h3-4,7,11-12H,5-6,8-10H2,1-2H3,(H,18,22)(H,19,21)/t11-,12-/m0/s1. The van der Waals surface area contributed by atoms with E-state index in [0.29, 0.717) is 17.9 Å². The molecule has 2 aliphatic rings. The second kappa shape index (κ2) is 7.55. The lowest BCUT2D eigenvalue weighted by molar-refractivity contribution is -0.113. The Kier molecular flexibility index (Phi) is 5.43. The molecule has 0 bridgehead atoms. The molecule has 3 rings (SSSR count). The van der Waals surface area contributed by atoms with Crippen molar-refractivity contribution in [1.29, 1.82) is 0 Å². The zero-order chi connectivity index (χ0) is 17.1. The molecule has 1 aromatic rings. The van der Waals surface area contributed by atoms with Gasteiger partial charge in [-0.2, -0.15) is 0 Å². The smallest absolute Gasteiger partial charge is 0.251 e. The zero-order valence-electron chi connectivity index (χ0n) is 14.0. The zero-order valence-corrected chi connectivity index (χ0v) is 14.8. The summed E-state index contributed by atoms with van der Waals surface area (Å²) in [4.78, 5) is 27.1. The fourth-order valence-electron chi connectivity index (χ4n) is 3.12. The summed E-state index contributed by atoms with van der Waals surface area (Å²) in [6.45, 7) is 7.32. The van der Waals surface area contributed by atoms with Gasteiger partial charge >= 0.3 is 0 Å². The first-order chi connectivity index (χ1) is 11.5. The van der Waals surface area contributed by atoms with Crippen molar-refractivity contribution in [3.05, 3.63) is 23.8 Å². The minimum absolute atomic E-state index is 0.0272. The summed E-state index contributed by atoms with van der Waals surface area (Å²) in [7, 11) is 0. The number of rotatable bonds is 4. The SMILES string of the molecule is C[C@H]1CN(CCNC(=O)c2ccc3c(c2)NC(=O)CS3)C[C@H](C)O1. The van der Waals surface area contributed by atoms with Crippen LogP contribution in [0.4, 0.5) is 5.69 Å². The molecule has 0 aromatic heterocycles. The third-order valence-corrected chi connectivity index (χ3v) is 5.16. The van der Waals surface area contributed by atoms with E-state index in [-0.39, 0.29) is 24.0 Å². The van der Waals surface area contributed by atoms with Gasteiger partial charge in [-0.05, 0) is 32.0 Å². The minimum atomic E-state index is -0.114. The van der Waals surface area contributed by atoms with Gasteiger partial charge in [0.25, 0.3) is 5.91 Å². The molecule has 2 heterocycles. The highest BCUT2D eigenvalue weighted by Gasteiger charge is 2.22. The second-order valence-electron chi connectivity index (χ2n) is 6.32. The van der Waals surface area contributed by atoms with Crippen LogP contribution in [0.1, 0.15) is 24.2 Å². The molecule has 130 valence electrons. The van der Waals surface area contributed by atoms with E-state index in [9.17, 15) is 9.59 Å². The topological polar surface area (TPSA) is 70.7 Å². The third kappa shape index (κ3) is 4.28. The number of nitrogens with one attached hydrogen (secondary N) is 2. The Bertz CT molecular complexity index is 628. The molecule has 2 N–H and O–H groups in total. The second-order valence-corrected chi connectivity index (χ2v) is 7.34. The van der Waals surface area contributed by atoms with Gasteiger partial charge in [0, 0.05) is 36.6 Å². The Balaban J connectivity index is 1.52. The molecule has 2 atom stereocenters. The normalized spacial score (nSPS) is 24.2. The maximum atomic E-state index is 12.3. The first-order valence-corrected chi connectivity index (χ1v) is 9.22. The summed E-state index contributed by atoms with van der Waals surface area (Å²) in [5.74, 6) is 0.284. The lowest BCUT2D eigenvalue weighted by atomic mass is 10.2. The third-order valence-electron chi connectivity index (χ3n) is 4.08. The van der Waals surface area contributed by atoms with Crippen molar-refractivity contribution in [2.45, 2.75) is 31.0 Å².